The van der Waals surface area contributed by atoms with Gasteiger partial charge in [0, 0.05) is 37.2 Å². The number of amides is 1. The summed E-state index contributed by atoms with van der Waals surface area (Å²) in [4.78, 5) is 12.8. The largest absolute Gasteiger partial charge is 0.418 e. The Kier molecular flexibility index (Phi) is 5.86. The minimum Gasteiger partial charge on any atom is -0.385 e. The number of nitrogens with one attached hydrogen (secondary N) is 1. The molecule has 0 heterocycles. The van der Waals surface area contributed by atoms with E-state index >= 15 is 0 Å². The highest BCUT2D eigenvalue weighted by atomic mass is 79.9. The predicted octanol–water partition coefficient (Wildman–Crippen LogP) is 3.75. The zero-order chi connectivity index (χ0) is 15.3. The average molecular weight is 353 g/mol. The topological polar surface area (TPSA) is 32.3 Å². The fourth-order valence-electron chi connectivity index (χ4n) is 1.59. The van der Waals surface area contributed by atoms with Crippen LogP contribution in [0.1, 0.15) is 18.4 Å². The maximum absolute atomic E-state index is 12.9. The van der Waals surface area contributed by atoms with Gasteiger partial charge in [-0.05, 0) is 24.6 Å². The van der Waals surface area contributed by atoms with E-state index in [-0.39, 0.29) is 11.6 Å². The van der Waals surface area contributed by atoms with Crippen LogP contribution < -0.4 is 5.32 Å². The third kappa shape index (κ3) is 5.03. The number of nitrogens with zero attached hydrogens (tertiary/aromatic N) is 1. The lowest BCUT2D eigenvalue weighted by molar-refractivity contribution is -0.137. The first kappa shape index (κ1) is 16.8. The van der Waals surface area contributed by atoms with Gasteiger partial charge in [0.25, 0.3) is 0 Å². The van der Waals surface area contributed by atoms with Gasteiger partial charge in [-0.1, -0.05) is 15.9 Å². The first-order valence-corrected chi connectivity index (χ1v) is 6.82. The normalized spacial score (nSPS) is 11.3. The van der Waals surface area contributed by atoms with Gasteiger partial charge >= 0.3 is 6.18 Å². The van der Waals surface area contributed by atoms with Gasteiger partial charge in [-0.15, -0.1) is 0 Å². The summed E-state index contributed by atoms with van der Waals surface area (Å²) < 4.78 is 38.9. The molecule has 3 nitrogen and oxygen atoms in total. The molecular formula is C13H16BrF3N2O. The van der Waals surface area contributed by atoms with Crippen molar-refractivity contribution in [2.24, 2.45) is 0 Å². The smallest absolute Gasteiger partial charge is 0.385 e. The zero-order valence-corrected chi connectivity index (χ0v) is 12.8. The van der Waals surface area contributed by atoms with E-state index in [1.807, 2.05) is 0 Å². The number of hydrogen-bond donors (Lipinski definition) is 1. The molecule has 0 aliphatic carbocycles. The van der Waals surface area contributed by atoms with E-state index in [0.29, 0.717) is 23.9 Å². The van der Waals surface area contributed by atoms with Gasteiger partial charge in [0.15, 0.2) is 0 Å². The van der Waals surface area contributed by atoms with Crippen LogP contribution in [0.4, 0.5) is 18.9 Å². The summed E-state index contributed by atoms with van der Waals surface area (Å²) in [6.07, 6.45) is -3.63. The van der Waals surface area contributed by atoms with Crippen LogP contribution in [0.2, 0.25) is 0 Å². The van der Waals surface area contributed by atoms with Crippen molar-refractivity contribution in [3.05, 3.63) is 28.2 Å². The van der Waals surface area contributed by atoms with Crippen LogP contribution in [0.15, 0.2) is 22.7 Å². The summed E-state index contributed by atoms with van der Waals surface area (Å²) in [5, 5.41) is 2.73. The number of anilines is 1. The van der Waals surface area contributed by atoms with E-state index in [0.717, 1.165) is 6.07 Å². The second-order valence-corrected chi connectivity index (χ2v) is 5.42. The van der Waals surface area contributed by atoms with Crippen LogP contribution in [-0.4, -0.2) is 31.4 Å². The van der Waals surface area contributed by atoms with Crippen molar-refractivity contribution >= 4 is 27.5 Å². The predicted molar refractivity (Wildman–Crippen MR) is 75.6 cm³/mol. The third-order valence-electron chi connectivity index (χ3n) is 2.67. The van der Waals surface area contributed by atoms with Crippen molar-refractivity contribution in [3.8, 4) is 0 Å². The number of alkyl halides is 3. The lowest BCUT2D eigenvalue weighted by Gasteiger charge is -2.15. The minimum absolute atomic E-state index is 0.0259. The fourth-order valence-corrected chi connectivity index (χ4v) is 1.95. The standard InChI is InChI=1S/C13H16BrF3N2O/c1-19(2)12(20)4-3-7-18-11-6-5-9(14)8-10(11)13(15,16)17/h5-6,8,18H,3-4,7H2,1-2H3. The molecule has 0 spiro atoms. The van der Waals surface area contributed by atoms with Gasteiger partial charge in [0.05, 0.1) is 5.56 Å². The molecule has 0 aliphatic rings. The molecule has 1 N–H and O–H groups in total. The number of rotatable bonds is 5. The Bertz CT molecular complexity index is 475. The summed E-state index contributed by atoms with van der Waals surface area (Å²) >= 11 is 3.03. The molecule has 7 heteroatoms. The van der Waals surface area contributed by atoms with E-state index in [1.54, 1.807) is 20.2 Å². The Labute approximate surface area is 124 Å². The average Bonchev–Trinajstić information content (AvgIpc) is 2.34. The molecule has 1 rings (SSSR count). The molecule has 0 fully saturated rings. The van der Waals surface area contributed by atoms with Crippen LogP contribution in [0, 0.1) is 0 Å². The van der Waals surface area contributed by atoms with Gasteiger partial charge < -0.3 is 10.2 Å². The molecule has 0 saturated carbocycles. The van der Waals surface area contributed by atoms with Crippen LogP contribution in [0.3, 0.4) is 0 Å². The Hall–Kier alpha value is -1.24. The summed E-state index contributed by atoms with van der Waals surface area (Å²) in [5.74, 6) is -0.0429. The summed E-state index contributed by atoms with van der Waals surface area (Å²) in [7, 11) is 3.29. The van der Waals surface area contributed by atoms with Gasteiger partial charge in [0.1, 0.15) is 0 Å². The number of halogens is 4. The zero-order valence-electron chi connectivity index (χ0n) is 11.2. The van der Waals surface area contributed by atoms with E-state index in [2.05, 4.69) is 21.2 Å². The molecular weight excluding hydrogens is 337 g/mol. The van der Waals surface area contributed by atoms with E-state index < -0.39 is 11.7 Å². The molecule has 112 valence electrons. The number of benzene rings is 1. The molecule has 0 saturated heterocycles. The molecule has 1 aromatic carbocycles. The first-order chi connectivity index (χ1) is 9.21. The third-order valence-corrected chi connectivity index (χ3v) is 3.16. The van der Waals surface area contributed by atoms with E-state index in [4.69, 9.17) is 0 Å². The molecule has 0 aliphatic heterocycles. The van der Waals surface area contributed by atoms with Crippen molar-refractivity contribution < 1.29 is 18.0 Å². The monoisotopic (exact) mass is 352 g/mol. The Balaban J connectivity index is 2.63. The molecule has 0 atom stereocenters. The Morgan fingerprint density at radius 2 is 2.00 bits per heavy atom. The van der Waals surface area contributed by atoms with Gasteiger partial charge in [-0.3, -0.25) is 4.79 Å². The quantitative estimate of drug-likeness (QED) is 0.818. The van der Waals surface area contributed by atoms with Crippen molar-refractivity contribution in [3.63, 3.8) is 0 Å². The van der Waals surface area contributed by atoms with Crippen LogP contribution in [-0.2, 0) is 11.0 Å². The van der Waals surface area contributed by atoms with Gasteiger partial charge in [-0.2, -0.15) is 13.2 Å². The lowest BCUT2D eigenvalue weighted by Crippen LogP contribution is -2.22. The van der Waals surface area contributed by atoms with Crippen molar-refractivity contribution in [1.29, 1.82) is 0 Å². The van der Waals surface area contributed by atoms with Crippen molar-refractivity contribution in [2.45, 2.75) is 19.0 Å². The number of carbonyl (C=O) groups excluding carboxylic acids is 1. The molecule has 0 bridgehead atoms. The fraction of sp³-hybridized carbons (Fsp3) is 0.462. The van der Waals surface area contributed by atoms with E-state index in [1.165, 1.54) is 11.0 Å². The van der Waals surface area contributed by atoms with Crippen molar-refractivity contribution in [1.82, 2.24) is 4.90 Å². The van der Waals surface area contributed by atoms with Crippen LogP contribution >= 0.6 is 15.9 Å². The molecule has 0 aromatic heterocycles. The van der Waals surface area contributed by atoms with Crippen LogP contribution in [0.5, 0.6) is 0 Å². The SMILES string of the molecule is CN(C)C(=O)CCCNc1ccc(Br)cc1C(F)(F)F. The molecule has 1 aromatic rings. The van der Waals surface area contributed by atoms with Gasteiger partial charge in [0.2, 0.25) is 5.91 Å². The van der Waals surface area contributed by atoms with E-state index in [9.17, 15) is 18.0 Å². The van der Waals surface area contributed by atoms with Crippen LogP contribution in [0.25, 0.3) is 0 Å². The maximum atomic E-state index is 12.9. The lowest BCUT2D eigenvalue weighted by atomic mass is 10.1. The molecule has 0 unspecified atom stereocenters. The minimum atomic E-state index is -4.41. The Morgan fingerprint density at radius 3 is 2.55 bits per heavy atom. The summed E-state index contributed by atoms with van der Waals surface area (Å²) in [5.41, 5.74) is -0.691. The molecule has 0 radical (unpaired) electrons. The summed E-state index contributed by atoms with van der Waals surface area (Å²) in [6.45, 7) is 0.310. The molecule has 1 amide bonds. The highest BCUT2D eigenvalue weighted by Crippen LogP contribution is 2.36. The number of carbonyl (C=O) groups is 1. The first-order valence-electron chi connectivity index (χ1n) is 6.02. The second kappa shape index (κ2) is 6.97. The highest BCUT2D eigenvalue weighted by molar-refractivity contribution is 9.10. The second-order valence-electron chi connectivity index (χ2n) is 4.51. The maximum Gasteiger partial charge on any atom is 0.418 e. The van der Waals surface area contributed by atoms with Crippen molar-refractivity contribution in [2.75, 3.05) is 26.0 Å². The van der Waals surface area contributed by atoms with Gasteiger partial charge in [-0.25, -0.2) is 0 Å². The number of hydrogen-bond acceptors (Lipinski definition) is 2. The highest BCUT2D eigenvalue weighted by Gasteiger charge is 2.33. The molecule has 20 heavy (non-hydrogen) atoms. The Morgan fingerprint density at radius 1 is 1.35 bits per heavy atom. The summed E-state index contributed by atoms with van der Waals surface area (Å²) in [6, 6.07) is 3.95.